The molecule has 0 saturated heterocycles. The van der Waals surface area contributed by atoms with Crippen molar-refractivity contribution in [3.63, 3.8) is 0 Å². The van der Waals surface area contributed by atoms with Crippen LogP contribution in [-0.4, -0.2) is 29.7 Å². The van der Waals surface area contributed by atoms with E-state index in [1.54, 1.807) is 20.8 Å². The van der Waals surface area contributed by atoms with Crippen molar-refractivity contribution in [1.82, 2.24) is 5.32 Å². The topological polar surface area (TPSA) is 107 Å². The molecule has 17 heavy (non-hydrogen) atoms. The largest absolute Gasteiger partial charge is 0.444 e. The van der Waals surface area contributed by atoms with E-state index < -0.39 is 23.6 Å². The Morgan fingerprint density at radius 2 is 1.88 bits per heavy atom. The quantitative estimate of drug-likeness (QED) is 0.655. The normalized spacial score (nSPS) is 14.9. The number of amides is 2. The Balaban J connectivity index is 4.30. The van der Waals surface area contributed by atoms with Gasteiger partial charge in [-0.2, -0.15) is 0 Å². The molecule has 0 aliphatic carbocycles. The summed E-state index contributed by atoms with van der Waals surface area (Å²) in [4.78, 5) is 22.3. The number of hydrogen-bond acceptors (Lipinski definition) is 4. The molecule has 0 aliphatic heterocycles. The number of nitrogens with two attached hydrogens (primary N) is 2. The summed E-state index contributed by atoms with van der Waals surface area (Å²) in [5.74, 6) is -0.484. The Kier molecular flexibility index (Phi) is 5.95. The van der Waals surface area contributed by atoms with Crippen molar-refractivity contribution < 1.29 is 14.3 Å². The van der Waals surface area contributed by atoms with E-state index in [4.69, 9.17) is 16.2 Å². The van der Waals surface area contributed by atoms with E-state index >= 15 is 0 Å². The molecule has 0 spiro atoms. The lowest BCUT2D eigenvalue weighted by Gasteiger charge is -2.26. The smallest absolute Gasteiger partial charge is 0.407 e. The Morgan fingerprint density at radius 1 is 1.35 bits per heavy atom. The van der Waals surface area contributed by atoms with Crippen LogP contribution >= 0.6 is 0 Å². The number of primary amides is 1. The molecule has 100 valence electrons. The summed E-state index contributed by atoms with van der Waals surface area (Å²) in [6, 6.07) is -0.817. The molecule has 2 unspecified atom stereocenters. The molecule has 6 nitrogen and oxygen atoms in total. The lowest BCUT2D eigenvalue weighted by Crippen LogP contribution is -2.50. The summed E-state index contributed by atoms with van der Waals surface area (Å²) in [5, 5.41) is 2.63. The molecule has 5 N–H and O–H groups in total. The van der Waals surface area contributed by atoms with Crippen molar-refractivity contribution in [2.24, 2.45) is 11.5 Å². The zero-order valence-electron chi connectivity index (χ0n) is 10.9. The second-order valence-corrected chi connectivity index (χ2v) is 5.00. The SMILES string of the molecule is CCC(NC(=O)OC(C)(C)C)C(N)CC(N)=O. The lowest BCUT2D eigenvalue weighted by molar-refractivity contribution is -0.118. The monoisotopic (exact) mass is 245 g/mol. The van der Waals surface area contributed by atoms with Crippen LogP contribution in [0.4, 0.5) is 4.79 Å². The number of carbonyl (C=O) groups excluding carboxylic acids is 2. The van der Waals surface area contributed by atoms with Gasteiger partial charge in [-0.25, -0.2) is 4.79 Å². The second kappa shape index (κ2) is 6.44. The molecule has 2 atom stereocenters. The molecule has 0 radical (unpaired) electrons. The van der Waals surface area contributed by atoms with Crippen molar-refractivity contribution in [2.45, 2.75) is 58.2 Å². The van der Waals surface area contributed by atoms with Crippen molar-refractivity contribution in [2.75, 3.05) is 0 Å². The summed E-state index contributed by atoms with van der Waals surface area (Å²) in [6.45, 7) is 7.19. The molecular weight excluding hydrogens is 222 g/mol. The van der Waals surface area contributed by atoms with E-state index in [1.165, 1.54) is 0 Å². The zero-order valence-corrected chi connectivity index (χ0v) is 10.9. The van der Waals surface area contributed by atoms with Gasteiger partial charge < -0.3 is 21.5 Å². The molecule has 2 amide bonds. The summed E-state index contributed by atoms with van der Waals surface area (Å²) in [5.41, 5.74) is 10.3. The van der Waals surface area contributed by atoms with Gasteiger partial charge in [-0.05, 0) is 27.2 Å². The molecule has 0 rings (SSSR count). The lowest BCUT2D eigenvalue weighted by atomic mass is 10.0. The molecule has 0 saturated carbocycles. The highest BCUT2D eigenvalue weighted by Crippen LogP contribution is 2.08. The minimum absolute atomic E-state index is 0.0360. The second-order valence-electron chi connectivity index (χ2n) is 5.00. The molecule has 0 aliphatic rings. The highest BCUT2D eigenvalue weighted by atomic mass is 16.6. The van der Waals surface area contributed by atoms with E-state index in [1.807, 2.05) is 6.92 Å². The predicted octanol–water partition coefficient (Wildman–Crippen LogP) is 0.492. The number of ether oxygens (including phenoxy) is 1. The maximum absolute atomic E-state index is 11.5. The fourth-order valence-corrected chi connectivity index (χ4v) is 1.35. The standard InChI is InChI=1S/C11H23N3O3/c1-5-8(7(12)6-9(13)15)14-10(16)17-11(2,3)4/h7-8H,5-6,12H2,1-4H3,(H2,13,15)(H,14,16). The summed E-state index contributed by atoms with van der Waals surface area (Å²) < 4.78 is 5.10. The number of hydrogen-bond donors (Lipinski definition) is 3. The molecule has 0 bridgehead atoms. The van der Waals surface area contributed by atoms with Gasteiger partial charge in [0.25, 0.3) is 0 Å². The average molecular weight is 245 g/mol. The third-order valence-electron chi connectivity index (χ3n) is 2.10. The first-order valence-electron chi connectivity index (χ1n) is 5.69. The maximum Gasteiger partial charge on any atom is 0.407 e. The number of rotatable bonds is 5. The van der Waals surface area contributed by atoms with Crippen LogP contribution in [0, 0.1) is 0 Å². The fourth-order valence-electron chi connectivity index (χ4n) is 1.35. The average Bonchev–Trinajstić information content (AvgIpc) is 2.09. The molecule has 0 fully saturated rings. The minimum Gasteiger partial charge on any atom is -0.444 e. The Bertz CT molecular complexity index is 274. The van der Waals surface area contributed by atoms with Gasteiger partial charge in [0.15, 0.2) is 0 Å². The van der Waals surface area contributed by atoms with Crippen LogP contribution in [0.1, 0.15) is 40.5 Å². The van der Waals surface area contributed by atoms with E-state index in [-0.39, 0.29) is 12.5 Å². The fraction of sp³-hybridized carbons (Fsp3) is 0.818. The first kappa shape index (κ1) is 15.7. The van der Waals surface area contributed by atoms with Crippen LogP contribution in [0.3, 0.4) is 0 Å². The van der Waals surface area contributed by atoms with Crippen LogP contribution in [0.5, 0.6) is 0 Å². The van der Waals surface area contributed by atoms with Gasteiger partial charge in [-0.15, -0.1) is 0 Å². The third kappa shape index (κ3) is 7.57. The van der Waals surface area contributed by atoms with Gasteiger partial charge in [0, 0.05) is 18.5 Å². The predicted molar refractivity (Wildman–Crippen MR) is 65.2 cm³/mol. The van der Waals surface area contributed by atoms with Gasteiger partial charge in [0.2, 0.25) is 5.91 Å². The van der Waals surface area contributed by atoms with Crippen molar-refractivity contribution in [3.05, 3.63) is 0 Å². The van der Waals surface area contributed by atoms with Crippen LogP contribution in [0.25, 0.3) is 0 Å². The van der Waals surface area contributed by atoms with Crippen molar-refractivity contribution in [3.8, 4) is 0 Å². The molecule has 0 heterocycles. The maximum atomic E-state index is 11.5. The first-order chi connectivity index (χ1) is 7.65. The summed E-state index contributed by atoms with van der Waals surface area (Å²) >= 11 is 0. The van der Waals surface area contributed by atoms with Gasteiger partial charge >= 0.3 is 6.09 Å². The summed E-state index contributed by atoms with van der Waals surface area (Å²) in [7, 11) is 0. The first-order valence-corrected chi connectivity index (χ1v) is 5.69. The van der Waals surface area contributed by atoms with E-state index in [0.29, 0.717) is 6.42 Å². The zero-order chi connectivity index (χ0) is 13.6. The van der Waals surface area contributed by atoms with Gasteiger partial charge in [-0.1, -0.05) is 6.92 Å². The highest BCUT2D eigenvalue weighted by Gasteiger charge is 2.23. The van der Waals surface area contributed by atoms with Crippen LogP contribution in [0.15, 0.2) is 0 Å². The van der Waals surface area contributed by atoms with Crippen molar-refractivity contribution in [1.29, 1.82) is 0 Å². The van der Waals surface area contributed by atoms with Crippen LogP contribution in [-0.2, 0) is 9.53 Å². The molecule has 6 heteroatoms. The van der Waals surface area contributed by atoms with Crippen LogP contribution in [0.2, 0.25) is 0 Å². The molecule has 0 aromatic heterocycles. The van der Waals surface area contributed by atoms with E-state index in [2.05, 4.69) is 5.32 Å². The summed E-state index contributed by atoms with van der Waals surface area (Å²) in [6.07, 6.45) is 0.103. The number of carbonyl (C=O) groups is 2. The number of alkyl carbamates (subject to hydrolysis) is 1. The van der Waals surface area contributed by atoms with Gasteiger partial charge in [-0.3, -0.25) is 4.79 Å². The highest BCUT2D eigenvalue weighted by molar-refractivity contribution is 5.74. The van der Waals surface area contributed by atoms with E-state index in [0.717, 1.165) is 0 Å². The Morgan fingerprint density at radius 3 is 2.24 bits per heavy atom. The molecule has 0 aromatic rings. The van der Waals surface area contributed by atoms with Crippen molar-refractivity contribution >= 4 is 12.0 Å². The molecular formula is C11H23N3O3. The number of nitrogens with one attached hydrogen (secondary N) is 1. The third-order valence-corrected chi connectivity index (χ3v) is 2.10. The van der Waals surface area contributed by atoms with Gasteiger partial charge in [0.05, 0.1) is 0 Å². The van der Waals surface area contributed by atoms with Crippen LogP contribution < -0.4 is 16.8 Å². The van der Waals surface area contributed by atoms with Gasteiger partial charge in [0.1, 0.15) is 5.60 Å². The Labute approximate surface area is 102 Å². The Hall–Kier alpha value is -1.30. The molecule has 0 aromatic carbocycles. The minimum atomic E-state index is -0.559. The van der Waals surface area contributed by atoms with E-state index in [9.17, 15) is 9.59 Å².